The molecule has 0 radical (unpaired) electrons. The van der Waals surface area contributed by atoms with Gasteiger partial charge in [-0.05, 0) is 42.9 Å². The molecule has 0 saturated heterocycles. The number of unbranched alkanes of at least 4 members (excludes halogenated alkanes) is 1. The molecule has 3 aromatic rings. The molecule has 0 saturated carbocycles. The predicted octanol–water partition coefficient (Wildman–Crippen LogP) is 5.20. The SMILES string of the molecule is CCOC(c1cccc2[nH]ncc12)C(C)CCCC#CNCc1ccccc1. The van der Waals surface area contributed by atoms with Gasteiger partial charge in [-0.25, -0.2) is 0 Å². The predicted molar refractivity (Wildman–Crippen MR) is 115 cm³/mol. The van der Waals surface area contributed by atoms with E-state index in [9.17, 15) is 0 Å². The maximum atomic E-state index is 6.12. The van der Waals surface area contributed by atoms with E-state index in [4.69, 9.17) is 4.74 Å². The number of hydrogen-bond donors (Lipinski definition) is 2. The molecule has 2 N–H and O–H groups in total. The van der Waals surface area contributed by atoms with Gasteiger partial charge < -0.3 is 10.1 Å². The largest absolute Gasteiger partial charge is 0.374 e. The van der Waals surface area contributed by atoms with E-state index < -0.39 is 0 Å². The van der Waals surface area contributed by atoms with Crippen LogP contribution >= 0.6 is 0 Å². The van der Waals surface area contributed by atoms with Crippen LogP contribution in [0.2, 0.25) is 0 Å². The van der Waals surface area contributed by atoms with Crippen LogP contribution in [0.15, 0.2) is 54.7 Å². The van der Waals surface area contributed by atoms with Crippen molar-refractivity contribution in [2.75, 3.05) is 6.61 Å². The van der Waals surface area contributed by atoms with Crippen molar-refractivity contribution in [3.05, 3.63) is 65.9 Å². The van der Waals surface area contributed by atoms with Crippen molar-refractivity contribution in [1.29, 1.82) is 0 Å². The molecule has 1 aromatic heterocycles. The summed E-state index contributed by atoms with van der Waals surface area (Å²) in [4.78, 5) is 0. The average Bonchev–Trinajstić information content (AvgIpc) is 3.21. The van der Waals surface area contributed by atoms with E-state index in [2.05, 4.69) is 71.7 Å². The molecule has 2 atom stereocenters. The van der Waals surface area contributed by atoms with Gasteiger partial charge in [0.05, 0.1) is 17.8 Å². The summed E-state index contributed by atoms with van der Waals surface area (Å²) in [5.74, 6) is 3.65. The van der Waals surface area contributed by atoms with Crippen LogP contribution in [0.3, 0.4) is 0 Å². The highest BCUT2D eigenvalue weighted by Gasteiger charge is 2.21. The first-order valence-electron chi connectivity index (χ1n) is 10.1. The minimum absolute atomic E-state index is 0.0791. The summed E-state index contributed by atoms with van der Waals surface area (Å²) in [6, 6.07) is 19.7. The number of aromatic nitrogens is 2. The van der Waals surface area contributed by atoms with Gasteiger partial charge in [-0.15, -0.1) is 0 Å². The first kappa shape index (κ1) is 20.0. The van der Waals surface area contributed by atoms with E-state index in [0.29, 0.717) is 12.5 Å². The van der Waals surface area contributed by atoms with E-state index in [1.165, 1.54) is 11.1 Å². The molecule has 2 unspecified atom stereocenters. The van der Waals surface area contributed by atoms with Gasteiger partial charge in [0.1, 0.15) is 0 Å². The number of aromatic amines is 1. The van der Waals surface area contributed by atoms with Crippen molar-refractivity contribution in [2.24, 2.45) is 5.92 Å². The number of hydrogen-bond acceptors (Lipinski definition) is 3. The van der Waals surface area contributed by atoms with E-state index in [1.54, 1.807) is 0 Å². The van der Waals surface area contributed by atoms with Gasteiger partial charge in [0.2, 0.25) is 0 Å². The fourth-order valence-corrected chi connectivity index (χ4v) is 3.51. The maximum absolute atomic E-state index is 6.12. The van der Waals surface area contributed by atoms with Crippen molar-refractivity contribution >= 4 is 10.9 Å². The van der Waals surface area contributed by atoms with Gasteiger partial charge in [-0.3, -0.25) is 5.10 Å². The third kappa shape index (κ3) is 5.37. The van der Waals surface area contributed by atoms with Gasteiger partial charge in [-0.2, -0.15) is 5.10 Å². The monoisotopic (exact) mass is 375 g/mol. The second-order valence-corrected chi connectivity index (χ2v) is 7.06. The third-order valence-electron chi connectivity index (χ3n) is 4.96. The summed E-state index contributed by atoms with van der Waals surface area (Å²) in [5, 5.41) is 11.6. The second kappa shape index (κ2) is 10.5. The fraction of sp³-hybridized carbons (Fsp3) is 0.375. The van der Waals surface area contributed by atoms with Crippen molar-refractivity contribution in [3.8, 4) is 12.0 Å². The Morgan fingerprint density at radius 1 is 1.14 bits per heavy atom. The lowest BCUT2D eigenvalue weighted by Gasteiger charge is -2.25. The fourth-order valence-electron chi connectivity index (χ4n) is 3.51. The van der Waals surface area contributed by atoms with Gasteiger partial charge in [0.25, 0.3) is 0 Å². The van der Waals surface area contributed by atoms with Crippen LogP contribution in [0, 0.1) is 17.9 Å². The summed E-state index contributed by atoms with van der Waals surface area (Å²) < 4.78 is 6.12. The third-order valence-corrected chi connectivity index (χ3v) is 4.96. The first-order valence-corrected chi connectivity index (χ1v) is 10.1. The Morgan fingerprint density at radius 2 is 2.00 bits per heavy atom. The van der Waals surface area contributed by atoms with Crippen LogP contribution in [0.25, 0.3) is 10.9 Å². The summed E-state index contributed by atoms with van der Waals surface area (Å²) in [6.45, 7) is 5.80. The summed E-state index contributed by atoms with van der Waals surface area (Å²) >= 11 is 0. The standard InChI is InChI=1S/C24H29N3O/c1-3-28-24(21-14-10-15-23-22(21)18-26-27-23)19(2)11-6-5-9-16-25-17-20-12-7-4-8-13-20/h4,7-8,10,12-15,18-19,24-25H,3,5-6,11,17H2,1-2H3,(H,26,27). The normalized spacial score (nSPS) is 12.9. The Kier molecular flexibility index (Phi) is 7.52. The highest BCUT2D eigenvalue weighted by Crippen LogP contribution is 2.33. The molecule has 3 rings (SSSR count). The van der Waals surface area contributed by atoms with Crippen LogP contribution in [0.5, 0.6) is 0 Å². The van der Waals surface area contributed by atoms with Crippen LogP contribution < -0.4 is 5.32 Å². The molecular weight excluding hydrogens is 346 g/mol. The van der Waals surface area contributed by atoms with Crippen molar-refractivity contribution in [2.45, 2.75) is 45.8 Å². The zero-order valence-corrected chi connectivity index (χ0v) is 16.7. The number of benzene rings is 2. The van der Waals surface area contributed by atoms with Crippen molar-refractivity contribution in [3.63, 3.8) is 0 Å². The van der Waals surface area contributed by atoms with Gasteiger partial charge in [0.15, 0.2) is 0 Å². The molecule has 2 aromatic carbocycles. The van der Waals surface area contributed by atoms with E-state index >= 15 is 0 Å². The number of rotatable bonds is 9. The van der Waals surface area contributed by atoms with Crippen molar-refractivity contribution < 1.29 is 4.74 Å². The van der Waals surface area contributed by atoms with E-state index in [1.807, 2.05) is 24.4 Å². The van der Waals surface area contributed by atoms with Gasteiger partial charge in [0, 0.05) is 31.0 Å². The maximum Gasteiger partial charge on any atom is 0.0857 e. The molecule has 0 spiro atoms. The first-order chi connectivity index (χ1) is 13.8. The Labute approximate surface area is 167 Å². The lowest BCUT2D eigenvalue weighted by atomic mass is 9.91. The Morgan fingerprint density at radius 3 is 2.82 bits per heavy atom. The topological polar surface area (TPSA) is 49.9 Å². The van der Waals surface area contributed by atoms with Crippen LogP contribution in [-0.2, 0) is 11.3 Å². The second-order valence-electron chi connectivity index (χ2n) is 7.06. The molecular formula is C24H29N3O. The minimum atomic E-state index is 0.0791. The van der Waals surface area contributed by atoms with Crippen LogP contribution in [-0.4, -0.2) is 16.8 Å². The summed E-state index contributed by atoms with van der Waals surface area (Å²) in [6.07, 6.45) is 5.00. The number of nitrogens with one attached hydrogen (secondary N) is 2. The molecule has 4 heteroatoms. The minimum Gasteiger partial charge on any atom is -0.374 e. The molecule has 0 fully saturated rings. The molecule has 28 heavy (non-hydrogen) atoms. The molecule has 0 aliphatic heterocycles. The molecule has 1 heterocycles. The van der Waals surface area contributed by atoms with Crippen molar-refractivity contribution in [1.82, 2.24) is 15.5 Å². The molecule has 0 bridgehead atoms. The molecule has 4 nitrogen and oxygen atoms in total. The summed E-state index contributed by atoms with van der Waals surface area (Å²) in [5.41, 5.74) is 3.53. The average molecular weight is 376 g/mol. The lowest BCUT2D eigenvalue weighted by Crippen LogP contribution is -2.14. The Bertz CT molecular complexity index is 907. The number of ether oxygens (including phenoxy) is 1. The molecule has 0 aliphatic rings. The highest BCUT2D eigenvalue weighted by molar-refractivity contribution is 5.81. The Hall–Kier alpha value is -2.77. The summed E-state index contributed by atoms with van der Waals surface area (Å²) in [7, 11) is 0. The van der Waals surface area contributed by atoms with Gasteiger partial charge >= 0.3 is 0 Å². The van der Waals surface area contributed by atoms with Gasteiger partial charge in [-0.1, -0.05) is 55.3 Å². The van der Waals surface area contributed by atoms with E-state index in [0.717, 1.165) is 36.7 Å². The molecule has 146 valence electrons. The zero-order valence-electron chi connectivity index (χ0n) is 16.7. The van der Waals surface area contributed by atoms with Crippen LogP contribution in [0.1, 0.15) is 50.3 Å². The zero-order chi connectivity index (χ0) is 19.6. The Balaban J connectivity index is 1.49. The smallest absolute Gasteiger partial charge is 0.0857 e. The molecule has 0 aliphatic carbocycles. The van der Waals surface area contributed by atoms with E-state index in [-0.39, 0.29) is 6.10 Å². The quantitative estimate of drug-likeness (QED) is 0.307. The highest BCUT2D eigenvalue weighted by atomic mass is 16.5. The number of H-pyrrole nitrogens is 1. The number of fused-ring (bicyclic) bond motifs is 1. The van der Waals surface area contributed by atoms with Crippen LogP contribution in [0.4, 0.5) is 0 Å². The molecule has 0 amide bonds. The number of nitrogens with zero attached hydrogens (tertiary/aromatic N) is 1. The lowest BCUT2D eigenvalue weighted by molar-refractivity contribution is 0.0217.